The number of alkyl halides is 1. The van der Waals surface area contributed by atoms with E-state index < -0.39 is 0 Å². The van der Waals surface area contributed by atoms with Crippen molar-refractivity contribution in [1.82, 2.24) is 0 Å². The zero-order chi connectivity index (χ0) is 8.27. The Bertz CT molecular complexity index is 299. The van der Waals surface area contributed by atoms with Crippen molar-refractivity contribution in [2.75, 3.05) is 0 Å². The fourth-order valence-electron chi connectivity index (χ4n) is 0.942. The van der Waals surface area contributed by atoms with Crippen LogP contribution in [0.3, 0.4) is 0 Å². The predicted octanol–water partition coefficient (Wildman–Crippen LogP) is 2.76. The lowest BCUT2D eigenvalue weighted by Crippen LogP contribution is -1.85. The molecule has 0 saturated heterocycles. The topological polar surface area (TPSA) is 23.8 Å². The van der Waals surface area contributed by atoms with Crippen LogP contribution in [-0.4, -0.2) is 0 Å². The van der Waals surface area contributed by atoms with Gasteiger partial charge in [0.2, 0.25) is 0 Å². The summed E-state index contributed by atoms with van der Waals surface area (Å²) in [6.45, 7) is 2.02. The van der Waals surface area contributed by atoms with E-state index in [0.29, 0.717) is 0 Å². The van der Waals surface area contributed by atoms with Gasteiger partial charge >= 0.3 is 0 Å². The summed E-state index contributed by atoms with van der Waals surface area (Å²) in [6.07, 6.45) is 0. The van der Waals surface area contributed by atoms with Crippen LogP contribution in [0.4, 0.5) is 0 Å². The SMILES string of the molecule is Cc1ccc(C#N)c(CBr)c1. The van der Waals surface area contributed by atoms with Crippen LogP contribution in [0.15, 0.2) is 18.2 Å². The van der Waals surface area contributed by atoms with E-state index >= 15 is 0 Å². The molecule has 1 aromatic rings. The standard InChI is InChI=1S/C9H8BrN/c1-7-2-3-8(6-11)9(4-7)5-10/h2-4H,5H2,1H3. The molecule has 0 fully saturated rings. The molecule has 0 amide bonds. The predicted molar refractivity (Wildman–Crippen MR) is 48.5 cm³/mol. The summed E-state index contributed by atoms with van der Waals surface area (Å²) in [5.74, 6) is 0. The third-order valence-corrected chi connectivity index (χ3v) is 2.13. The Morgan fingerprint density at radius 3 is 2.82 bits per heavy atom. The molecular formula is C9H8BrN. The molecular weight excluding hydrogens is 202 g/mol. The highest BCUT2D eigenvalue weighted by Gasteiger charge is 1.98. The number of nitriles is 1. The van der Waals surface area contributed by atoms with Gasteiger partial charge in [-0.3, -0.25) is 0 Å². The Morgan fingerprint density at radius 2 is 2.27 bits per heavy atom. The van der Waals surface area contributed by atoms with E-state index in [1.165, 1.54) is 5.56 Å². The van der Waals surface area contributed by atoms with Crippen LogP contribution >= 0.6 is 15.9 Å². The molecule has 2 heteroatoms. The van der Waals surface area contributed by atoms with Crippen molar-refractivity contribution in [2.24, 2.45) is 0 Å². The normalized spacial score (nSPS) is 9.18. The second-order valence-corrected chi connectivity index (χ2v) is 2.97. The molecule has 0 aliphatic heterocycles. The van der Waals surface area contributed by atoms with Crippen LogP contribution in [-0.2, 0) is 5.33 Å². The van der Waals surface area contributed by atoms with Crippen LogP contribution in [0, 0.1) is 18.3 Å². The van der Waals surface area contributed by atoms with Gasteiger partial charge in [-0.2, -0.15) is 5.26 Å². The van der Waals surface area contributed by atoms with Gasteiger partial charge in [0, 0.05) is 5.33 Å². The second-order valence-electron chi connectivity index (χ2n) is 2.41. The monoisotopic (exact) mass is 209 g/mol. The molecule has 0 bridgehead atoms. The van der Waals surface area contributed by atoms with Crippen molar-refractivity contribution in [3.8, 4) is 6.07 Å². The summed E-state index contributed by atoms with van der Waals surface area (Å²) in [6, 6.07) is 7.97. The van der Waals surface area contributed by atoms with E-state index in [4.69, 9.17) is 5.26 Å². The fourth-order valence-corrected chi connectivity index (χ4v) is 1.41. The third kappa shape index (κ3) is 1.81. The lowest BCUT2D eigenvalue weighted by atomic mass is 10.1. The van der Waals surface area contributed by atoms with Crippen molar-refractivity contribution in [3.63, 3.8) is 0 Å². The Morgan fingerprint density at radius 1 is 1.55 bits per heavy atom. The summed E-state index contributed by atoms with van der Waals surface area (Å²) < 4.78 is 0. The van der Waals surface area contributed by atoms with Gasteiger partial charge in [-0.05, 0) is 18.6 Å². The number of aryl methyl sites for hydroxylation is 1. The van der Waals surface area contributed by atoms with Crippen LogP contribution in [0.25, 0.3) is 0 Å². The van der Waals surface area contributed by atoms with E-state index in [-0.39, 0.29) is 0 Å². The maximum atomic E-state index is 8.67. The van der Waals surface area contributed by atoms with Crippen molar-refractivity contribution in [3.05, 3.63) is 34.9 Å². The summed E-state index contributed by atoms with van der Waals surface area (Å²) in [4.78, 5) is 0. The van der Waals surface area contributed by atoms with Gasteiger partial charge in [0.05, 0.1) is 11.6 Å². The van der Waals surface area contributed by atoms with E-state index in [1.807, 2.05) is 25.1 Å². The van der Waals surface area contributed by atoms with Gasteiger partial charge in [-0.15, -0.1) is 0 Å². The Hall–Kier alpha value is -0.810. The molecule has 0 heterocycles. The molecule has 1 nitrogen and oxygen atoms in total. The number of halogens is 1. The van der Waals surface area contributed by atoms with Gasteiger partial charge in [0.15, 0.2) is 0 Å². The Labute approximate surface area is 74.8 Å². The zero-order valence-corrected chi connectivity index (χ0v) is 7.85. The summed E-state index contributed by atoms with van der Waals surface area (Å²) in [7, 11) is 0. The number of nitrogens with zero attached hydrogens (tertiary/aromatic N) is 1. The zero-order valence-electron chi connectivity index (χ0n) is 6.26. The Balaban J connectivity index is 3.19. The van der Waals surface area contributed by atoms with Crippen LogP contribution in [0.2, 0.25) is 0 Å². The first kappa shape index (κ1) is 8.29. The van der Waals surface area contributed by atoms with Gasteiger partial charge in [0.25, 0.3) is 0 Å². The largest absolute Gasteiger partial charge is 0.192 e. The number of rotatable bonds is 1. The highest BCUT2D eigenvalue weighted by Crippen LogP contribution is 2.13. The van der Waals surface area contributed by atoms with E-state index in [9.17, 15) is 0 Å². The molecule has 0 radical (unpaired) electrons. The lowest BCUT2D eigenvalue weighted by molar-refractivity contribution is 1.33. The molecule has 11 heavy (non-hydrogen) atoms. The smallest absolute Gasteiger partial charge is 0.0994 e. The molecule has 1 rings (SSSR count). The van der Waals surface area contributed by atoms with Crippen molar-refractivity contribution in [2.45, 2.75) is 12.3 Å². The van der Waals surface area contributed by atoms with Gasteiger partial charge in [0.1, 0.15) is 0 Å². The average molecular weight is 210 g/mol. The number of benzene rings is 1. The van der Waals surface area contributed by atoms with Crippen LogP contribution in [0.5, 0.6) is 0 Å². The minimum absolute atomic E-state index is 0.748. The van der Waals surface area contributed by atoms with Crippen LogP contribution < -0.4 is 0 Å². The average Bonchev–Trinajstić information content (AvgIpc) is 2.04. The van der Waals surface area contributed by atoms with E-state index in [2.05, 4.69) is 22.0 Å². The van der Waals surface area contributed by atoms with Crippen LogP contribution in [0.1, 0.15) is 16.7 Å². The molecule has 0 saturated carbocycles. The van der Waals surface area contributed by atoms with Gasteiger partial charge < -0.3 is 0 Å². The molecule has 0 spiro atoms. The fraction of sp³-hybridized carbons (Fsp3) is 0.222. The molecule has 0 unspecified atom stereocenters. The molecule has 0 atom stereocenters. The van der Waals surface area contributed by atoms with Crippen molar-refractivity contribution in [1.29, 1.82) is 5.26 Å². The molecule has 0 aliphatic carbocycles. The van der Waals surface area contributed by atoms with Gasteiger partial charge in [-0.25, -0.2) is 0 Å². The van der Waals surface area contributed by atoms with E-state index in [1.54, 1.807) is 0 Å². The Kier molecular flexibility index (Phi) is 2.67. The van der Waals surface area contributed by atoms with Crippen molar-refractivity contribution < 1.29 is 0 Å². The third-order valence-electron chi connectivity index (χ3n) is 1.53. The highest BCUT2D eigenvalue weighted by molar-refractivity contribution is 9.08. The molecule has 0 N–H and O–H groups in total. The summed E-state index contributed by atoms with van der Waals surface area (Å²) >= 11 is 3.33. The second kappa shape index (κ2) is 3.54. The number of hydrogen-bond donors (Lipinski definition) is 0. The van der Waals surface area contributed by atoms with Crippen molar-refractivity contribution >= 4 is 15.9 Å². The van der Waals surface area contributed by atoms with E-state index in [0.717, 1.165) is 16.5 Å². The molecule has 1 aromatic carbocycles. The van der Waals surface area contributed by atoms with Gasteiger partial charge in [-0.1, -0.05) is 33.6 Å². The first-order valence-corrected chi connectivity index (χ1v) is 4.45. The number of hydrogen-bond acceptors (Lipinski definition) is 1. The first-order valence-electron chi connectivity index (χ1n) is 3.33. The highest BCUT2D eigenvalue weighted by atomic mass is 79.9. The first-order chi connectivity index (χ1) is 5.27. The summed E-state index contributed by atoms with van der Waals surface area (Å²) in [5, 5.41) is 9.42. The molecule has 0 aromatic heterocycles. The maximum absolute atomic E-state index is 8.67. The lowest BCUT2D eigenvalue weighted by Gasteiger charge is -1.99. The minimum atomic E-state index is 0.748. The quantitative estimate of drug-likeness (QED) is 0.653. The minimum Gasteiger partial charge on any atom is -0.192 e. The summed E-state index contributed by atoms with van der Waals surface area (Å²) in [5.41, 5.74) is 3.01. The molecule has 0 aliphatic rings. The maximum Gasteiger partial charge on any atom is 0.0994 e. The molecule has 56 valence electrons.